The van der Waals surface area contributed by atoms with Gasteiger partial charge in [0.15, 0.2) is 5.82 Å². The van der Waals surface area contributed by atoms with Crippen LogP contribution >= 0.6 is 0 Å². The first-order chi connectivity index (χ1) is 10.2. The number of aromatic nitrogens is 4. The van der Waals surface area contributed by atoms with Crippen molar-refractivity contribution in [1.82, 2.24) is 20.2 Å². The summed E-state index contributed by atoms with van der Waals surface area (Å²) in [5.41, 5.74) is 1.90. The highest BCUT2D eigenvalue weighted by Crippen LogP contribution is 2.33. The first-order valence-electron chi connectivity index (χ1n) is 7.33. The lowest BCUT2D eigenvalue weighted by atomic mass is 10.1. The number of rotatable bonds is 5. The molecule has 0 spiro atoms. The Balaban J connectivity index is 1.85. The third kappa shape index (κ3) is 3.09. The van der Waals surface area contributed by atoms with Gasteiger partial charge in [-0.25, -0.2) is 0 Å². The number of carbonyl (C=O) groups is 1. The molecule has 1 heterocycles. The van der Waals surface area contributed by atoms with Crippen LogP contribution in [0.25, 0.3) is 5.69 Å². The van der Waals surface area contributed by atoms with Crippen LogP contribution in [0.5, 0.6) is 0 Å². The molecule has 0 bridgehead atoms. The summed E-state index contributed by atoms with van der Waals surface area (Å²) in [6, 6.07) is 7.79. The zero-order valence-corrected chi connectivity index (χ0v) is 11.8. The molecule has 2 aromatic rings. The molecule has 1 fully saturated rings. The standard InChI is InChI=1S/C15H18N4O2/c20-14(21)9-8-11-4-3-7-13(10-11)19-15(16-17-18-19)12-5-1-2-6-12/h3-4,7,10,12H,1-2,5-6,8-9H2,(H,20,21). The molecule has 1 N–H and O–H groups in total. The summed E-state index contributed by atoms with van der Waals surface area (Å²) < 4.78 is 1.79. The van der Waals surface area contributed by atoms with E-state index in [1.165, 1.54) is 12.8 Å². The molecule has 0 radical (unpaired) electrons. The highest BCUT2D eigenvalue weighted by Gasteiger charge is 2.23. The second-order valence-electron chi connectivity index (χ2n) is 5.49. The monoisotopic (exact) mass is 286 g/mol. The van der Waals surface area contributed by atoms with Crippen LogP contribution in [0.1, 0.15) is 49.4 Å². The second-order valence-corrected chi connectivity index (χ2v) is 5.49. The molecule has 0 unspecified atom stereocenters. The highest BCUT2D eigenvalue weighted by molar-refractivity contribution is 5.67. The molecule has 21 heavy (non-hydrogen) atoms. The summed E-state index contributed by atoms with van der Waals surface area (Å²) in [5.74, 6) is 0.569. The molecule has 1 saturated carbocycles. The number of aryl methyl sites for hydroxylation is 1. The summed E-state index contributed by atoms with van der Waals surface area (Å²) in [6.07, 6.45) is 5.39. The second kappa shape index (κ2) is 6.03. The molecule has 0 amide bonds. The Morgan fingerprint density at radius 3 is 2.90 bits per heavy atom. The number of hydrogen-bond acceptors (Lipinski definition) is 4. The van der Waals surface area contributed by atoms with Crippen LogP contribution in [-0.4, -0.2) is 31.3 Å². The number of hydrogen-bond donors (Lipinski definition) is 1. The predicted octanol–water partition coefficient (Wildman–Crippen LogP) is 2.34. The minimum absolute atomic E-state index is 0.133. The van der Waals surface area contributed by atoms with Gasteiger partial charge in [0.1, 0.15) is 0 Å². The van der Waals surface area contributed by atoms with Gasteiger partial charge in [0.25, 0.3) is 0 Å². The molecule has 110 valence electrons. The van der Waals surface area contributed by atoms with Crippen molar-refractivity contribution in [3.8, 4) is 5.69 Å². The molecule has 1 aliphatic rings. The van der Waals surface area contributed by atoms with E-state index in [4.69, 9.17) is 5.11 Å². The summed E-state index contributed by atoms with van der Waals surface area (Å²) in [4.78, 5) is 10.7. The van der Waals surface area contributed by atoms with Gasteiger partial charge in [0.2, 0.25) is 0 Å². The van der Waals surface area contributed by atoms with Crippen molar-refractivity contribution in [1.29, 1.82) is 0 Å². The Morgan fingerprint density at radius 1 is 1.33 bits per heavy atom. The van der Waals surface area contributed by atoms with Crippen LogP contribution in [0, 0.1) is 0 Å². The fraction of sp³-hybridized carbons (Fsp3) is 0.467. The van der Waals surface area contributed by atoms with Crippen molar-refractivity contribution in [2.45, 2.75) is 44.4 Å². The number of tetrazole rings is 1. The van der Waals surface area contributed by atoms with Crippen LogP contribution < -0.4 is 0 Å². The Bertz CT molecular complexity index is 632. The first kappa shape index (κ1) is 13.7. The van der Waals surface area contributed by atoms with Gasteiger partial charge in [0, 0.05) is 12.3 Å². The maximum Gasteiger partial charge on any atom is 0.303 e. The topological polar surface area (TPSA) is 80.9 Å². The molecular formula is C15H18N4O2. The quantitative estimate of drug-likeness (QED) is 0.912. The largest absolute Gasteiger partial charge is 0.481 e. The van der Waals surface area contributed by atoms with E-state index in [1.54, 1.807) is 4.68 Å². The third-order valence-corrected chi connectivity index (χ3v) is 4.00. The van der Waals surface area contributed by atoms with Crippen molar-refractivity contribution in [3.63, 3.8) is 0 Å². The number of carboxylic acid groups (broad SMARTS) is 1. The Kier molecular flexibility index (Phi) is 3.94. The van der Waals surface area contributed by atoms with Crippen LogP contribution in [-0.2, 0) is 11.2 Å². The Morgan fingerprint density at radius 2 is 2.14 bits per heavy atom. The van der Waals surface area contributed by atoms with Crippen molar-refractivity contribution in [2.75, 3.05) is 0 Å². The number of nitrogens with zero attached hydrogens (tertiary/aromatic N) is 4. The normalized spacial score (nSPS) is 15.4. The maximum atomic E-state index is 10.7. The summed E-state index contributed by atoms with van der Waals surface area (Å²) >= 11 is 0. The highest BCUT2D eigenvalue weighted by atomic mass is 16.4. The molecule has 0 atom stereocenters. The van der Waals surface area contributed by atoms with E-state index in [1.807, 2.05) is 24.3 Å². The molecule has 3 rings (SSSR count). The van der Waals surface area contributed by atoms with Gasteiger partial charge in [-0.15, -0.1) is 5.10 Å². The van der Waals surface area contributed by atoms with Crippen molar-refractivity contribution >= 4 is 5.97 Å². The van der Waals surface area contributed by atoms with Gasteiger partial charge >= 0.3 is 5.97 Å². The lowest BCUT2D eigenvalue weighted by Crippen LogP contribution is -2.07. The molecular weight excluding hydrogens is 268 g/mol. The minimum Gasteiger partial charge on any atom is -0.481 e. The van der Waals surface area contributed by atoms with Crippen LogP contribution in [0.2, 0.25) is 0 Å². The van der Waals surface area contributed by atoms with E-state index in [-0.39, 0.29) is 6.42 Å². The van der Waals surface area contributed by atoms with Gasteiger partial charge in [-0.2, -0.15) is 4.68 Å². The number of benzene rings is 1. The summed E-state index contributed by atoms with van der Waals surface area (Å²) in [6.45, 7) is 0. The van der Waals surface area contributed by atoms with Crippen LogP contribution in [0.3, 0.4) is 0 Å². The molecule has 1 aromatic heterocycles. The SMILES string of the molecule is O=C(O)CCc1cccc(-n2nnnc2C2CCCC2)c1. The fourth-order valence-corrected chi connectivity index (χ4v) is 2.91. The maximum absolute atomic E-state index is 10.7. The van der Waals surface area contributed by atoms with Gasteiger partial charge in [-0.3, -0.25) is 4.79 Å². The van der Waals surface area contributed by atoms with E-state index in [9.17, 15) is 4.79 Å². The Labute approximate surface area is 122 Å². The molecule has 6 heteroatoms. The number of aliphatic carboxylic acids is 1. The zero-order chi connectivity index (χ0) is 14.7. The molecule has 1 aromatic carbocycles. The zero-order valence-electron chi connectivity index (χ0n) is 11.8. The molecule has 6 nitrogen and oxygen atoms in total. The summed E-state index contributed by atoms with van der Waals surface area (Å²) in [7, 11) is 0. The smallest absolute Gasteiger partial charge is 0.303 e. The fourth-order valence-electron chi connectivity index (χ4n) is 2.91. The van der Waals surface area contributed by atoms with Crippen LogP contribution in [0.15, 0.2) is 24.3 Å². The van der Waals surface area contributed by atoms with Crippen molar-refractivity contribution in [2.24, 2.45) is 0 Å². The summed E-state index contributed by atoms with van der Waals surface area (Å²) in [5, 5.41) is 20.9. The average molecular weight is 286 g/mol. The van der Waals surface area contributed by atoms with Crippen molar-refractivity contribution in [3.05, 3.63) is 35.7 Å². The third-order valence-electron chi connectivity index (χ3n) is 4.00. The number of carboxylic acids is 1. The van der Waals surface area contributed by atoms with Crippen LogP contribution in [0.4, 0.5) is 0 Å². The lowest BCUT2D eigenvalue weighted by Gasteiger charge is -2.10. The van der Waals surface area contributed by atoms with Gasteiger partial charge in [-0.05, 0) is 47.4 Å². The van der Waals surface area contributed by atoms with E-state index in [2.05, 4.69) is 15.5 Å². The average Bonchev–Trinajstić information content (AvgIpc) is 3.15. The minimum atomic E-state index is -0.783. The Hall–Kier alpha value is -2.24. The van der Waals surface area contributed by atoms with Gasteiger partial charge in [-0.1, -0.05) is 25.0 Å². The predicted molar refractivity (Wildman–Crippen MR) is 76.3 cm³/mol. The molecule has 1 aliphatic carbocycles. The molecule has 0 aliphatic heterocycles. The van der Waals surface area contributed by atoms with Gasteiger partial charge < -0.3 is 5.11 Å². The van der Waals surface area contributed by atoms with E-state index in [0.717, 1.165) is 29.9 Å². The lowest BCUT2D eigenvalue weighted by molar-refractivity contribution is -0.136. The van der Waals surface area contributed by atoms with E-state index >= 15 is 0 Å². The van der Waals surface area contributed by atoms with E-state index in [0.29, 0.717) is 12.3 Å². The van der Waals surface area contributed by atoms with E-state index < -0.39 is 5.97 Å². The first-order valence-corrected chi connectivity index (χ1v) is 7.33. The molecule has 0 saturated heterocycles. The van der Waals surface area contributed by atoms with Gasteiger partial charge in [0.05, 0.1) is 5.69 Å². The van der Waals surface area contributed by atoms with Crippen molar-refractivity contribution < 1.29 is 9.90 Å².